The van der Waals surface area contributed by atoms with Gasteiger partial charge in [-0.1, -0.05) is 0 Å². The van der Waals surface area contributed by atoms with E-state index in [4.69, 9.17) is 0 Å². The lowest BCUT2D eigenvalue weighted by molar-refractivity contribution is 0.112. The van der Waals surface area contributed by atoms with Crippen molar-refractivity contribution in [2.24, 2.45) is 0 Å². The SMILES string of the molecule is O=Cc1cn(-c2ncccn2)nc1-c1nccs1. The molecule has 0 saturated carbocycles. The molecular weight excluding hydrogens is 250 g/mol. The summed E-state index contributed by atoms with van der Waals surface area (Å²) in [6.45, 7) is 0. The van der Waals surface area contributed by atoms with Gasteiger partial charge in [0.05, 0.1) is 5.56 Å². The van der Waals surface area contributed by atoms with Gasteiger partial charge in [0, 0.05) is 30.2 Å². The van der Waals surface area contributed by atoms with E-state index in [-0.39, 0.29) is 0 Å². The number of carbonyl (C=O) groups excluding carboxylic acids is 1. The van der Waals surface area contributed by atoms with Crippen molar-refractivity contribution in [2.45, 2.75) is 0 Å². The molecule has 0 aliphatic carbocycles. The Balaban J connectivity index is 2.12. The highest BCUT2D eigenvalue weighted by Crippen LogP contribution is 2.23. The van der Waals surface area contributed by atoms with Gasteiger partial charge in [-0.05, 0) is 6.07 Å². The summed E-state index contributed by atoms with van der Waals surface area (Å²) in [5.41, 5.74) is 1.02. The lowest BCUT2D eigenvalue weighted by Gasteiger charge is -1.96. The molecule has 0 saturated heterocycles. The van der Waals surface area contributed by atoms with Gasteiger partial charge in [-0.25, -0.2) is 19.6 Å². The highest BCUT2D eigenvalue weighted by Gasteiger charge is 2.14. The summed E-state index contributed by atoms with van der Waals surface area (Å²) in [5.74, 6) is 0.420. The van der Waals surface area contributed by atoms with Crippen LogP contribution < -0.4 is 0 Å². The second kappa shape index (κ2) is 4.46. The minimum Gasteiger partial charge on any atom is -0.298 e. The van der Waals surface area contributed by atoms with E-state index in [0.29, 0.717) is 22.2 Å². The van der Waals surface area contributed by atoms with Crippen LogP contribution in [0.5, 0.6) is 0 Å². The minimum atomic E-state index is 0.420. The molecule has 0 unspecified atom stereocenters. The van der Waals surface area contributed by atoms with Gasteiger partial charge in [-0.15, -0.1) is 11.3 Å². The second-order valence-corrected chi connectivity index (χ2v) is 4.28. The molecule has 3 heterocycles. The molecule has 0 aromatic carbocycles. The first kappa shape index (κ1) is 10.7. The van der Waals surface area contributed by atoms with Gasteiger partial charge in [0.1, 0.15) is 10.7 Å². The molecule has 6 nitrogen and oxygen atoms in total. The van der Waals surface area contributed by atoms with Gasteiger partial charge in [-0.3, -0.25) is 4.79 Å². The maximum atomic E-state index is 11.0. The summed E-state index contributed by atoms with van der Waals surface area (Å²) in [6, 6.07) is 1.72. The Morgan fingerprint density at radius 3 is 2.67 bits per heavy atom. The second-order valence-electron chi connectivity index (χ2n) is 3.38. The van der Waals surface area contributed by atoms with Gasteiger partial charge in [0.15, 0.2) is 6.29 Å². The molecular formula is C11H7N5OS. The number of hydrogen-bond donors (Lipinski definition) is 0. The molecule has 3 rings (SSSR count). The van der Waals surface area contributed by atoms with Crippen LogP contribution >= 0.6 is 11.3 Å². The lowest BCUT2D eigenvalue weighted by Crippen LogP contribution is -2.00. The fourth-order valence-corrected chi connectivity index (χ4v) is 2.13. The third kappa shape index (κ3) is 1.80. The zero-order chi connectivity index (χ0) is 12.4. The quantitative estimate of drug-likeness (QED) is 0.666. The van der Waals surface area contributed by atoms with Crippen LogP contribution in [0.4, 0.5) is 0 Å². The highest BCUT2D eigenvalue weighted by atomic mass is 32.1. The van der Waals surface area contributed by atoms with Crippen LogP contribution in [0.25, 0.3) is 16.6 Å². The van der Waals surface area contributed by atoms with Crippen molar-refractivity contribution in [1.82, 2.24) is 24.7 Å². The van der Waals surface area contributed by atoms with Crippen LogP contribution in [-0.2, 0) is 0 Å². The molecule has 0 bridgehead atoms. The molecule has 0 N–H and O–H groups in total. The van der Waals surface area contributed by atoms with Gasteiger partial charge in [-0.2, -0.15) is 5.10 Å². The van der Waals surface area contributed by atoms with Crippen LogP contribution in [0.2, 0.25) is 0 Å². The predicted octanol–water partition coefficient (Wildman–Crippen LogP) is 1.60. The number of aldehydes is 1. The zero-order valence-corrected chi connectivity index (χ0v) is 9.91. The molecule has 18 heavy (non-hydrogen) atoms. The minimum absolute atomic E-state index is 0.420. The molecule has 0 atom stereocenters. The smallest absolute Gasteiger partial charge is 0.250 e. The Bertz CT molecular complexity index is 662. The van der Waals surface area contributed by atoms with E-state index in [1.54, 1.807) is 30.9 Å². The molecule has 0 radical (unpaired) electrons. The summed E-state index contributed by atoms with van der Waals surface area (Å²) in [6.07, 6.45) is 7.26. The van der Waals surface area contributed by atoms with Gasteiger partial charge in [0.25, 0.3) is 0 Å². The average Bonchev–Trinajstić information content (AvgIpc) is 3.08. The number of thiazole rings is 1. The normalized spacial score (nSPS) is 10.4. The Morgan fingerprint density at radius 1 is 1.17 bits per heavy atom. The Labute approximate surface area is 106 Å². The number of rotatable bonds is 3. The van der Waals surface area contributed by atoms with Gasteiger partial charge >= 0.3 is 0 Å². The number of hydrogen-bond acceptors (Lipinski definition) is 6. The van der Waals surface area contributed by atoms with Crippen molar-refractivity contribution in [3.8, 4) is 16.6 Å². The van der Waals surface area contributed by atoms with Gasteiger partial charge in [0.2, 0.25) is 5.95 Å². The molecule has 0 amide bonds. The lowest BCUT2D eigenvalue weighted by atomic mass is 10.3. The first-order valence-electron chi connectivity index (χ1n) is 5.10. The Morgan fingerprint density at radius 2 is 2.00 bits per heavy atom. The summed E-state index contributed by atoms with van der Waals surface area (Å²) >= 11 is 1.43. The molecule has 7 heteroatoms. The molecule has 3 aromatic rings. The summed E-state index contributed by atoms with van der Waals surface area (Å²) < 4.78 is 1.47. The van der Waals surface area contributed by atoms with Crippen LogP contribution in [0.15, 0.2) is 36.2 Å². The van der Waals surface area contributed by atoms with Crippen molar-refractivity contribution in [3.63, 3.8) is 0 Å². The van der Waals surface area contributed by atoms with Crippen molar-refractivity contribution in [3.05, 3.63) is 41.8 Å². The van der Waals surface area contributed by atoms with E-state index in [1.165, 1.54) is 16.0 Å². The molecule has 0 fully saturated rings. The summed E-state index contributed by atoms with van der Waals surface area (Å²) in [4.78, 5) is 23.3. The molecule has 0 spiro atoms. The first-order valence-corrected chi connectivity index (χ1v) is 5.98. The van der Waals surface area contributed by atoms with Crippen molar-refractivity contribution >= 4 is 17.6 Å². The average molecular weight is 257 g/mol. The summed E-state index contributed by atoms with van der Waals surface area (Å²) in [5, 5.41) is 6.84. The number of aromatic nitrogens is 5. The maximum Gasteiger partial charge on any atom is 0.250 e. The third-order valence-corrected chi connectivity index (χ3v) is 3.04. The third-order valence-electron chi connectivity index (χ3n) is 2.26. The van der Waals surface area contributed by atoms with Crippen molar-refractivity contribution in [2.75, 3.05) is 0 Å². The molecule has 88 valence electrons. The predicted molar refractivity (Wildman–Crippen MR) is 65.6 cm³/mol. The van der Waals surface area contributed by atoms with Crippen molar-refractivity contribution < 1.29 is 4.79 Å². The fraction of sp³-hybridized carbons (Fsp3) is 0. The van der Waals surface area contributed by atoms with E-state index in [9.17, 15) is 4.79 Å². The van der Waals surface area contributed by atoms with E-state index in [2.05, 4.69) is 20.1 Å². The maximum absolute atomic E-state index is 11.0. The first-order chi connectivity index (χ1) is 8.88. The molecule has 0 aliphatic rings. The van der Waals surface area contributed by atoms with E-state index in [0.717, 1.165) is 6.29 Å². The Hall–Kier alpha value is -2.41. The fourth-order valence-electron chi connectivity index (χ4n) is 1.49. The van der Waals surface area contributed by atoms with Crippen LogP contribution in [0.3, 0.4) is 0 Å². The standard InChI is InChI=1S/C11H7N5OS/c17-7-8-6-16(11-13-2-1-3-14-11)15-9(8)10-12-4-5-18-10/h1-7H. The van der Waals surface area contributed by atoms with Crippen LogP contribution in [0.1, 0.15) is 10.4 Å². The number of nitrogens with zero attached hydrogens (tertiary/aromatic N) is 5. The van der Waals surface area contributed by atoms with Crippen LogP contribution in [-0.4, -0.2) is 31.0 Å². The molecule has 0 aliphatic heterocycles. The van der Waals surface area contributed by atoms with Crippen LogP contribution in [0, 0.1) is 0 Å². The zero-order valence-electron chi connectivity index (χ0n) is 9.09. The van der Waals surface area contributed by atoms with Gasteiger partial charge < -0.3 is 0 Å². The van der Waals surface area contributed by atoms with Crippen molar-refractivity contribution in [1.29, 1.82) is 0 Å². The highest BCUT2D eigenvalue weighted by molar-refractivity contribution is 7.13. The van der Waals surface area contributed by atoms with E-state index >= 15 is 0 Å². The molecule has 3 aromatic heterocycles. The van der Waals surface area contributed by atoms with E-state index in [1.807, 2.05) is 5.38 Å². The Kier molecular flexibility index (Phi) is 2.66. The topological polar surface area (TPSA) is 73.6 Å². The van der Waals surface area contributed by atoms with E-state index < -0.39 is 0 Å². The number of carbonyl (C=O) groups is 1. The monoisotopic (exact) mass is 257 g/mol. The summed E-state index contributed by atoms with van der Waals surface area (Å²) in [7, 11) is 0. The largest absolute Gasteiger partial charge is 0.298 e.